The largest absolute Gasteiger partial charge is 0.436 e. The Bertz CT molecular complexity index is 864. The first kappa shape index (κ1) is 19.5. The van der Waals surface area contributed by atoms with Crippen molar-refractivity contribution in [2.75, 3.05) is 5.32 Å². The lowest BCUT2D eigenvalue weighted by atomic mass is 10.1. The molecule has 0 aromatic carbocycles. The van der Waals surface area contributed by atoms with Crippen LogP contribution in [0, 0.1) is 25.2 Å². The summed E-state index contributed by atoms with van der Waals surface area (Å²) in [5, 5.41) is 15.7. The number of amides is 1. The summed E-state index contributed by atoms with van der Waals surface area (Å²) in [5.74, 6) is -0.549. The number of alkyl halides is 3. The Kier molecular flexibility index (Phi) is 5.58. The molecule has 2 aromatic heterocycles. The molecule has 2 aromatic rings. The van der Waals surface area contributed by atoms with Crippen LogP contribution in [0.2, 0.25) is 0 Å². The Morgan fingerprint density at radius 1 is 1.44 bits per heavy atom. The van der Waals surface area contributed by atoms with Gasteiger partial charge in [0.2, 0.25) is 5.91 Å². The van der Waals surface area contributed by atoms with Gasteiger partial charge in [-0.2, -0.15) is 23.5 Å². The molecule has 0 unspecified atom stereocenters. The number of nitriles is 1. The third-order valence-corrected chi connectivity index (χ3v) is 5.63. The zero-order valence-corrected chi connectivity index (χ0v) is 16.0. The Balaban J connectivity index is 2.24. The standard InChI is InChI=1S/C15H14BrF3N4OS/c1-4-9-8(3)25-14(10(9)5-20)21-11(24)6-23-7(2)12(16)13(22-23)15(17,18)19/h4,6H2,1-3H3,(H,21,24). The lowest BCUT2D eigenvalue weighted by Gasteiger charge is -2.06. The van der Waals surface area contributed by atoms with Gasteiger partial charge in [0.25, 0.3) is 0 Å². The van der Waals surface area contributed by atoms with Crippen molar-refractivity contribution in [3.8, 4) is 6.07 Å². The highest BCUT2D eigenvalue weighted by molar-refractivity contribution is 9.10. The summed E-state index contributed by atoms with van der Waals surface area (Å²) in [6.07, 6.45) is -3.96. The van der Waals surface area contributed by atoms with E-state index in [0.29, 0.717) is 17.0 Å². The number of nitrogens with zero attached hydrogens (tertiary/aromatic N) is 3. The first-order chi connectivity index (χ1) is 11.6. The molecular formula is C15H14BrF3N4OS. The topological polar surface area (TPSA) is 70.7 Å². The van der Waals surface area contributed by atoms with Crippen LogP contribution in [0.15, 0.2) is 4.47 Å². The summed E-state index contributed by atoms with van der Waals surface area (Å²) >= 11 is 4.14. The van der Waals surface area contributed by atoms with Crippen LogP contribution >= 0.6 is 27.3 Å². The monoisotopic (exact) mass is 434 g/mol. The molecule has 0 aliphatic carbocycles. The maximum Gasteiger partial charge on any atom is 0.436 e. The first-order valence-electron chi connectivity index (χ1n) is 7.22. The van der Waals surface area contributed by atoms with Crippen LogP contribution in [0.1, 0.15) is 34.3 Å². The van der Waals surface area contributed by atoms with Gasteiger partial charge < -0.3 is 5.32 Å². The molecule has 0 saturated heterocycles. The molecule has 1 N–H and O–H groups in total. The van der Waals surface area contributed by atoms with Gasteiger partial charge in [0, 0.05) is 4.88 Å². The SMILES string of the molecule is CCc1c(C)sc(NC(=O)Cn2nc(C(F)(F)F)c(Br)c2C)c1C#N. The fraction of sp³-hybridized carbons (Fsp3) is 0.400. The number of hydrogen-bond donors (Lipinski definition) is 1. The minimum Gasteiger partial charge on any atom is -0.315 e. The van der Waals surface area contributed by atoms with Gasteiger partial charge in [-0.25, -0.2) is 0 Å². The lowest BCUT2D eigenvalue weighted by Crippen LogP contribution is -2.20. The van der Waals surface area contributed by atoms with Crippen molar-refractivity contribution in [3.63, 3.8) is 0 Å². The molecule has 0 aliphatic heterocycles. The second-order valence-electron chi connectivity index (χ2n) is 5.26. The van der Waals surface area contributed by atoms with Crippen LogP contribution in [0.5, 0.6) is 0 Å². The minimum absolute atomic E-state index is 0.189. The van der Waals surface area contributed by atoms with E-state index in [-0.39, 0.29) is 16.7 Å². The molecule has 0 bridgehead atoms. The van der Waals surface area contributed by atoms with E-state index in [0.717, 1.165) is 15.1 Å². The summed E-state index contributed by atoms with van der Waals surface area (Å²) in [7, 11) is 0. The van der Waals surface area contributed by atoms with Crippen molar-refractivity contribution < 1.29 is 18.0 Å². The summed E-state index contributed by atoms with van der Waals surface area (Å²) in [5.41, 5.74) is 0.378. The van der Waals surface area contributed by atoms with Crippen molar-refractivity contribution >= 4 is 38.2 Å². The maximum atomic E-state index is 12.9. The van der Waals surface area contributed by atoms with Gasteiger partial charge in [0.05, 0.1) is 15.7 Å². The second kappa shape index (κ2) is 7.17. The Morgan fingerprint density at radius 2 is 2.08 bits per heavy atom. The normalized spacial score (nSPS) is 11.4. The van der Waals surface area contributed by atoms with E-state index in [2.05, 4.69) is 32.4 Å². The maximum absolute atomic E-state index is 12.9. The van der Waals surface area contributed by atoms with Crippen LogP contribution < -0.4 is 5.32 Å². The molecule has 0 atom stereocenters. The number of aryl methyl sites for hydroxylation is 1. The molecule has 2 rings (SSSR count). The Morgan fingerprint density at radius 3 is 2.56 bits per heavy atom. The first-order valence-corrected chi connectivity index (χ1v) is 8.83. The molecular weight excluding hydrogens is 421 g/mol. The molecule has 0 fully saturated rings. The highest BCUT2D eigenvalue weighted by Crippen LogP contribution is 2.36. The van der Waals surface area contributed by atoms with Gasteiger partial charge in [-0.1, -0.05) is 6.92 Å². The molecule has 0 spiro atoms. The number of carbonyl (C=O) groups is 1. The third-order valence-electron chi connectivity index (χ3n) is 3.62. The number of carbonyl (C=O) groups excluding carboxylic acids is 1. The van der Waals surface area contributed by atoms with Gasteiger partial charge in [0.1, 0.15) is 17.6 Å². The highest BCUT2D eigenvalue weighted by atomic mass is 79.9. The number of aromatic nitrogens is 2. The molecule has 0 aliphatic rings. The Labute approximate surface area is 154 Å². The fourth-order valence-corrected chi connectivity index (χ4v) is 3.99. The molecule has 10 heteroatoms. The molecule has 0 saturated carbocycles. The van der Waals surface area contributed by atoms with E-state index in [9.17, 15) is 23.2 Å². The van der Waals surface area contributed by atoms with Crippen molar-refractivity contribution in [3.05, 3.63) is 31.9 Å². The van der Waals surface area contributed by atoms with Crippen molar-refractivity contribution in [2.45, 2.75) is 39.9 Å². The van der Waals surface area contributed by atoms with Crippen LogP contribution in [0.4, 0.5) is 18.2 Å². The number of halogens is 4. The van der Waals surface area contributed by atoms with E-state index in [1.165, 1.54) is 18.3 Å². The molecule has 1 amide bonds. The van der Waals surface area contributed by atoms with Crippen LogP contribution in [-0.2, 0) is 23.9 Å². The molecule has 5 nitrogen and oxygen atoms in total. The van der Waals surface area contributed by atoms with Crippen LogP contribution in [0.3, 0.4) is 0 Å². The van der Waals surface area contributed by atoms with Crippen LogP contribution in [-0.4, -0.2) is 15.7 Å². The van der Waals surface area contributed by atoms with E-state index < -0.39 is 17.8 Å². The van der Waals surface area contributed by atoms with Crippen LogP contribution in [0.25, 0.3) is 0 Å². The summed E-state index contributed by atoms with van der Waals surface area (Å²) < 4.78 is 39.4. The smallest absolute Gasteiger partial charge is 0.315 e. The van der Waals surface area contributed by atoms with Gasteiger partial charge in [0.15, 0.2) is 5.69 Å². The zero-order valence-electron chi connectivity index (χ0n) is 13.6. The molecule has 25 heavy (non-hydrogen) atoms. The predicted octanol–water partition coefficient (Wildman–Crippen LogP) is 4.42. The average molecular weight is 435 g/mol. The number of hydrogen-bond acceptors (Lipinski definition) is 4. The summed E-state index contributed by atoms with van der Waals surface area (Å²) in [4.78, 5) is 13.1. The van der Waals surface area contributed by atoms with Crippen molar-refractivity contribution in [1.82, 2.24) is 9.78 Å². The quantitative estimate of drug-likeness (QED) is 0.773. The van der Waals surface area contributed by atoms with E-state index in [1.807, 2.05) is 13.8 Å². The average Bonchev–Trinajstić information content (AvgIpc) is 2.97. The Hall–Kier alpha value is -1.86. The highest BCUT2D eigenvalue weighted by Gasteiger charge is 2.38. The lowest BCUT2D eigenvalue weighted by molar-refractivity contribution is -0.142. The number of nitrogens with one attached hydrogen (secondary N) is 1. The van der Waals surface area contributed by atoms with E-state index in [4.69, 9.17) is 0 Å². The number of thiophene rings is 1. The van der Waals surface area contributed by atoms with E-state index in [1.54, 1.807) is 0 Å². The van der Waals surface area contributed by atoms with Gasteiger partial charge in [-0.15, -0.1) is 11.3 Å². The van der Waals surface area contributed by atoms with E-state index >= 15 is 0 Å². The molecule has 134 valence electrons. The number of rotatable bonds is 4. The summed E-state index contributed by atoms with van der Waals surface area (Å²) in [6.45, 7) is 4.81. The predicted molar refractivity (Wildman–Crippen MR) is 91.4 cm³/mol. The van der Waals surface area contributed by atoms with Gasteiger partial charge in [-0.05, 0) is 41.8 Å². The third kappa shape index (κ3) is 3.88. The molecule has 2 heterocycles. The molecule has 0 radical (unpaired) electrons. The van der Waals surface area contributed by atoms with Gasteiger partial charge >= 0.3 is 6.18 Å². The second-order valence-corrected chi connectivity index (χ2v) is 7.28. The summed E-state index contributed by atoms with van der Waals surface area (Å²) in [6, 6.07) is 2.07. The zero-order chi connectivity index (χ0) is 18.9. The van der Waals surface area contributed by atoms with Crippen molar-refractivity contribution in [2.24, 2.45) is 0 Å². The van der Waals surface area contributed by atoms with Crippen molar-refractivity contribution in [1.29, 1.82) is 5.26 Å². The number of anilines is 1. The minimum atomic E-state index is -4.61. The fourth-order valence-electron chi connectivity index (χ4n) is 2.37. The van der Waals surface area contributed by atoms with Gasteiger partial charge in [-0.3, -0.25) is 9.48 Å².